The van der Waals surface area contributed by atoms with Gasteiger partial charge in [0.15, 0.2) is 0 Å². The van der Waals surface area contributed by atoms with Crippen molar-refractivity contribution in [1.82, 2.24) is 25.2 Å². The fourth-order valence-electron chi connectivity index (χ4n) is 2.03. The van der Waals surface area contributed by atoms with Gasteiger partial charge in [0.25, 0.3) is 0 Å². The van der Waals surface area contributed by atoms with Crippen LogP contribution in [-0.4, -0.2) is 19.7 Å². The van der Waals surface area contributed by atoms with E-state index in [1.54, 1.807) is 12.5 Å². The summed E-state index contributed by atoms with van der Waals surface area (Å²) in [6, 6.07) is 1.99. The van der Waals surface area contributed by atoms with E-state index in [2.05, 4.69) is 20.5 Å². The molecule has 0 aromatic carbocycles. The van der Waals surface area contributed by atoms with E-state index in [9.17, 15) is 0 Å². The fraction of sp³-hybridized carbons (Fsp3) is 0.417. The van der Waals surface area contributed by atoms with E-state index in [1.807, 2.05) is 30.8 Å². The molecule has 96 valence electrons. The first kappa shape index (κ1) is 12.7. The second-order valence-corrected chi connectivity index (χ2v) is 4.15. The molecular formula is C12H18N6. The van der Waals surface area contributed by atoms with E-state index >= 15 is 0 Å². The maximum absolute atomic E-state index is 5.65. The minimum atomic E-state index is 0.0162. The molecule has 2 aromatic heterocycles. The number of nitrogens with two attached hydrogens (primary N) is 1. The van der Waals surface area contributed by atoms with Crippen LogP contribution in [0.5, 0.6) is 0 Å². The van der Waals surface area contributed by atoms with Crippen LogP contribution in [0, 0.1) is 6.92 Å². The molecule has 1 unspecified atom stereocenters. The zero-order valence-electron chi connectivity index (χ0n) is 10.7. The molecule has 0 aliphatic rings. The van der Waals surface area contributed by atoms with Crippen molar-refractivity contribution in [2.75, 3.05) is 0 Å². The Kier molecular flexibility index (Phi) is 4.01. The number of hydrazine groups is 1. The Morgan fingerprint density at radius 3 is 3.00 bits per heavy atom. The molecule has 0 aliphatic heterocycles. The molecule has 2 aromatic rings. The highest BCUT2D eigenvalue weighted by Crippen LogP contribution is 2.19. The lowest BCUT2D eigenvalue weighted by Gasteiger charge is -2.17. The predicted octanol–water partition coefficient (Wildman–Crippen LogP) is 0.749. The Morgan fingerprint density at radius 1 is 1.50 bits per heavy atom. The van der Waals surface area contributed by atoms with Gasteiger partial charge in [0.1, 0.15) is 12.2 Å². The SMILES string of the molecule is CCn1ncnc1CC(NN)c1ccncc1C. The Labute approximate surface area is 106 Å². The molecule has 0 saturated heterocycles. The van der Waals surface area contributed by atoms with Gasteiger partial charge in [-0.15, -0.1) is 0 Å². The van der Waals surface area contributed by atoms with Crippen molar-refractivity contribution in [1.29, 1.82) is 0 Å². The summed E-state index contributed by atoms with van der Waals surface area (Å²) in [6.07, 6.45) is 5.89. The molecule has 0 amide bonds. The normalized spacial score (nSPS) is 12.6. The maximum atomic E-state index is 5.65. The summed E-state index contributed by atoms with van der Waals surface area (Å²) in [7, 11) is 0. The van der Waals surface area contributed by atoms with Crippen molar-refractivity contribution in [3.63, 3.8) is 0 Å². The van der Waals surface area contributed by atoms with Gasteiger partial charge in [-0.1, -0.05) is 0 Å². The van der Waals surface area contributed by atoms with Crippen LogP contribution in [0.3, 0.4) is 0 Å². The second kappa shape index (κ2) is 5.70. The fourth-order valence-corrected chi connectivity index (χ4v) is 2.03. The third-order valence-electron chi connectivity index (χ3n) is 3.02. The number of hydrogen-bond donors (Lipinski definition) is 2. The van der Waals surface area contributed by atoms with Gasteiger partial charge in [-0.3, -0.25) is 20.9 Å². The largest absolute Gasteiger partial charge is 0.271 e. The molecule has 1 atom stereocenters. The molecule has 2 rings (SSSR count). The Balaban J connectivity index is 2.23. The van der Waals surface area contributed by atoms with Crippen LogP contribution in [-0.2, 0) is 13.0 Å². The summed E-state index contributed by atoms with van der Waals surface area (Å²) in [5.74, 6) is 6.58. The molecule has 3 N–H and O–H groups in total. The molecular weight excluding hydrogens is 228 g/mol. The molecule has 0 radical (unpaired) electrons. The van der Waals surface area contributed by atoms with E-state index < -0.39 is 0 Å². The molecule has 2 heterocycles. The van der Waals surface area contributed by atoms with E-state index in [0.717, 1.165) is 23.5 Å². The maximum Gasteiger partial charge on any atom is 0.138 e. The first-order valence-corrected chi connectivity index (χ1v) is 5.99. The number of aromatic nitrogens is 4. The molecule has 6 nitrogen and oxygen atoms in total. The molecule has 0 saturated carbocycles. The minimum Gasteiger partial charge on any atom is -0.271 e. The molecule has 6 heteroatoms. The van der Waals surface area contributed by atoms with E-state index in [4.69, 9.17) is 5.84 Å². The van der Waals surface area contributed by atoms with Gasteiger partial charge in [0.05, 0.1) is 6.04 Å². The van der Waals surface area contributed by atoms with Gasteiger partial charge in [-0.25, -0.2) is 4.98 Å². The first-order valence-electron chi connectivity index (χ1n) is 5.99. The minimum absolute atomic E-state index is 0.0162. The number of nitrogens with one attached hydrogen (secondary N) is 1. The van der Waals surface area contributed by atoms with Crippen molar-refractivity contribution in [2.45, 2.75) is 32.9 Å². The Hall–Kier alpha value is -1.79. The highest BCUT2D eigenvalue weighted by Gasteiger charge is 2.15. The smallest absolute Gasteiger partial charge is 0.138 e. The summed E-state index contributed by atoms with van der Waals surface area (Å²) in [5, 5.41) is 4.16. The molecule has 18 heavy (non-hydrogen) atoms. The van der Waals surface area contributed by atoms with Crippen LogP contribution in [0.15, 0.2) is 24.8 Å². The Morgan fingerprint density at radius 2 is 2.33 bits per heavy atom. The van der Waals surface area contributed by atoms with Gasteiger partial charge < -0.3 is 0 Å². The van der Waals surface area contributed by atoms with Gasteiger partial charge in [-0.05, 0) is 31.0 Å². The average molecular weight is 246 g/mol. The number of nitrogens with zero attached hydrogens (tertiary/aromatic N) is 4. The average Bonchev–Trinajstić information content (AvgIpc) is 2.84. The summed E-state index contributed by atoms with van der Waals surface area (Å²) >= 11 is 0. The number of rotatable bonds is 5. The van der Waals surface area contributed by atoms with Crippen molar-refractivity contribution >= 4 is 0 Å². The van der Waals surface area contributed by atoms with Crippen molar-refractivity contribution in [3.05, 3.63) is 41.7 Å². The number of hydrogen-bond acceptors (Lipinski definition) is 5. The topological polar surface area (TPSA) is 81.7 Å². The molecule has 0 spiro atoms. The molecule has 0 fully saturated rings. The Bertz CT molecular complexity index is 507. The third-order valence-corrected chi connectivity index (χ3v) is 3.02. The molecule has 0 bridgehead atoms. The summed E-state index contributed by atoms with van der Waals surface area (Å²) in [6.45, 7) is 4.87. The van der Waals surface area contributed by atoms with Crippen molar-refractivity contribution in [2.24, 2.45) is 5.84 Å². The van der Waals surface area contributed by atoms with Crippen molar-refractivity contribution in [3.8, 4) is 0 Å². The van der Waals surface area contributed by atoms with Crippen LogP contribution in [0.1, 0.15) is 29.9 Å². The van der Waals surface area contributed by atoms with Gasteiger partial charge in [0.2, 0.25) is 0 Å². The lowest BCUT2D eigenvalue weighted by atomic mass is 10.0. The van der Waals surface area contributed by atoms with Gasteiger partial charge in [0, 0.05) is 25.4 Å². The molecule has 0 aliphatic carbocycles. The van der Waals surface area contributed by atoms with E-state index in [1.165, 1.54) is 0 Å². The summed E-state index contributed by atoms with van der Waals surface area (Å²) in [5.41, 5.74) is 5.09. The van der Waals surface area contributed by atoms with E-state index in [-0.39, 0.29) is 6.04 Å². The zero-order chi connectivity index (χ0) is 13.0. The predicted molar refractivity (Wildman–Crippen MR) is 68.4 cm³/mol. The highest BCUT2D eigenvalue weighted by atomic mass is 15.3. The monoisotopic (exact) mass is 246 g/mol. The standard InChI is InChI=1S/C12H18N6/c1-3-18-12(15-8-16-18)6-11(17-13)10-4-5-14-7-9(10)2/h4-5,7-8,11,17H,3,6,13H2,1-2H3. The lowest BCUT2D eigenvalue weighted by Crippen LogP contribution is -2.31. The number of pyridine rings is 1. The van der Waals surface area contributed by atoms with E-state index in [0.29, 0.717) is 6.42 Å². The number of aryl methyl sites for hydroxylation is 2. The van der Waals surface area contributed by atoms with Gasteiger partial charge in [-0.2, -0.15) is 5.10 Å². The lowest BCUT2D eigenvalue weighted by molar-refractivity contribution is 0.508. The van der Waals surface area contributed by atoms with Crippen molar-refractivity contribution < 1.29 is 0 Å². The van der Waals surface area contributed by atoms with Crippen LogP contribution in [0.4, 0.5) is 0 Å². The second-order valence-electron chi connectivity index (χ2n) is 4.15. The third kappa shape index (κ3) is 2.55. The van der Waals surface area contributed by atoms with Crippen LogP contribution >= 0.6 is 0 Å². The zero-order valence-corrected chi connectivity index (χ0v) is 10.7. The van der Waals surface area contributed by atoms with Gasteiger partial charge >= 0.3 is 0 Å². The first-order chi connectivity index (χ1) is 8.76. The summed E-state index contributed by atoms with van der Waals surface area (Å²) < 4.78 is 1.88. The highest BCUT2D eigenvalue weighted by molar-refractivity contribution is 5.26. The van der Waals surface area contributed by atoms with Crippen LogP contribution < -0.4 is 11.3 Å². The van der Waals surface area contributed by atoms with Crippen LogP contribution in [0.25, 0.3) is 0 Å². The quantitative estimate of drug-likeness (QED) is 0.601. The summed E-state index contributed by atoms with van der Waals surface area (Å²) in [4.78, 5) is 8.36. The van der Waals surface area contributed by atoms with Crippen LogP contribution in [0.2, 0.25) is 0 Å².